The zero-order chi connectivity index (χ0) is 13.6. The second-order valence-electron chi connectivity index (χ2n) is 3.92. The molecule has 5 nitrogen and oxygen atoms in total. The normalized spacial score (nSPS) is 13.1. The third-order valence-corrected chi connectivity index (χ3v) is 3.60. The van der Waals surface area contributed by atoms with Gasteiger partial charge in [0.05, 0.1) is 6.61 Å². The first-order valence-electron chi connectivity index (χ1n) is 5.73. The van der Waals surface area contributed by atoms with Crippen molar-refractivity contribution in [2.45, 2.75) is 25.4 Å². The van der Waals surface area contributed by atoms with E-state index in [-0.39, 0.29) is 12.2 Å². The van der Waals surface area contributed by atoms with E-state index in [9.17, 15) is 19.1 Å². The standard InChI is InChI=1S/C12H17O5P/c1-2-3-9-17-12(13)11(18(14,15)16)10-7-5-4-6-8-10/h4-8,11H,2-3,9H2,1H3,(H2,14,15,16). The Morgan fingerprint density at radius 1 is 1.33 bits per heavy atom. The van der Waals surface area contributed by atoms with Gasteiger partial charge >= 0.3 is 13.6 Å². The fraction of sp³-hybridized carbons (Fsp3) is 0.417. The fourth-order valence-corrected chi connectivity index (χ4v) is 2.41. The molecule has 1 rings (SSSR count). The van der Waals surface area contributed by atoms with Gasteiger partial charge in [-0.1, -0.05) is 43.7 Å². The molecule has 0 saturated heterocycles. The molecule has 1 unspecified atom stereocenters. The predicted molar refractivity (Wildman–Crippen MR) is 67.1 cm³/mol. The van der Waals surface area contributed by atoms with Crippen molar-refractivity contribution in [2.24, 2.45) is 0 Å². The number of carbonyl (C=O) groups excluding carboxylic acids is 1. The van der Waals surface area contributed by atoms with Crippen LogP contribution in [0.1, 0.15) is 31.0 Å². The van der Waals surface area contributed by atoms with Crippen molar-refractivity contribution >= 4 is 13.6 Å². The molecule has 18 heavy (non-hydrogen) atoms. The summed E-state index contributed by atoms with van der Waals surface area (Å²) in [5.74, 6) is -0.872. The summed E-state index contributed by atoms with van der Waals surface area (Å²) < 4.78 is 16.3. The van der Waals surface area contributed by atoms with Crippen LogP contribution in [-0.4, -0.2) is 22.4 Å². The van der Waals surface area contributed by atoms with Gasteiger partial charge in [-0.15, -0.1) is 0 Å². The Morgan fingerprint density at radius 2 is 1.94 bits per heavy atom. The molecule has 2 N–H and O–H groups in total. The minimum Gasteiger partial charge on any atom is -0.465 e. The summed E-state index contributed by atoms with van der Waals surface area (Å²) >= 11 is 0. The number of hydrogen-bond acceptors (Lipinski definition) is 3. The maximum atomic E-state index is 11.8. The number of hydrogen-bond donors (Lipinski definition) is 2. The van der Waals surface area contributed by atoms with Crippen molar-refractivity contribution in [3.63, 3.8) is 0 Å². The molecule has 1 aromatic carbocycles. The first kappa shape index (κ1) is 14.9. The third kappa shape index (κ3) is 4.26. The van der Waals surface area contributed by atoms with Crippen LogP contribution in [0.4, 0.5) is 0 Å². The van der Waals surface area contributed by atoms with E-state index >= 15 is 0 Å². The van der Waals surface area contributed by atoms with Crippen molar-refractivity contribution in [3.05, 3.63) is 35.9 Å². The minimum absolute atomic E-state index is 0.179. The molecule has 0 saturated carbocycles. The van der Waals surface area contributed by atoms with E-state index in [4.69, 9.17) is 4.74 Å². The Labute approximate surface area is 106 Å². The van der Waals surface area contributed by atoms with Gasteiger partial charge in [0.1, 0.15) is 0 Å². The van der Waals surface area contributed by atoms with Gasteiger partial charge in [-0.05, 0) is 12.0 Å². The summed E-state index contributed by atoms with van der Waals surface area (Å²) in [4.78, 5) is 30.3. The van der Waals surface area contributed by atoms with E-state index in [1.165, 1.54) is 12.1 Å². The van der Waals surface area contributed by atoms with Gasteiger partial charge < -0.3 is 14.5 Å². The largest absolute Gasteiger partial charge is 0.465 e. The molecule has 1 aromatic rings. The second-order valence-corrected chi connectivity index (χ2v) is 5.62. The van der Waals surface area contributed by atoms with Gasteiger partial charge in [-0.3, -0.25) is 9.36 Å². The monoisotopic (exact) mass is 272 g/mol. The molecule has 0 aliphatic rings. The molecular weight excluding hydrogens is 255 g/mol. The van der Waals surface area contributed by atoms with Crippen LogP contribution >= 0.6 is 7.60 Å². The highest BCUT2D eigenvalue weighted by Gasteiger charge is 2.38. The van der Waals surface area contributed by atoms with Crippen molar-refractivity contribution in [1.82, 2.24) is 0 Å². The maximum absolute atomic E-state index is 11.8. The Hall–Kier alpha value is -1.16. The van der Waals surface area contributed by atoms with Crippen molar-refractivity contribution in [1.29, 1.82) is 0 Å². The quantitative estimate of drug-likeness (QED) is 0.471. The Bertz CT molecular complexity index is 425. The van der Waals surface area contributed by atoms with Crippen molar-refractivity contribution in [2.75, 3.05) is 6.61 Å². The van der Waals surface area contributed by atoms with Crippen LogP contribution < -0.4 is 0 Å². The predicted octanol–water partition coefficient (Wildman–Crippen LogP) is 2.25. The smallest absolute Gasteiger partial charge is 0.344 e. The van der Waals surface area contributed by atoms with Crippen molar-refractivity contribution < 1.29 is 23.9 Å². The van der Waals surface area contributed by atoms with Crippen LogP contribution in [-0.2, 0) is 14.1 Å². The molecule has 1 atom stereocenters. The summed E-state index contributed by atoms with van der Waals surface area (Å²) in [7, 11) is -4.58. The molecule has 0 aliphatic carbocycles. The van der Waals surface area contributed by atoms with E-state index in [1.807, 2.05) is 6.92 Å². The lowest BCUT2D eigenvalue weighted by atomic mass is 10.1. The SMILES string of the molecule is CCCCOC(=O)C(c1ccccc1)P(=O)(O)O. The molecule has 100 valence electrons. The summed E-state index contributed by atoms with van der Waals surface area (Å²) in [6.45, 7) is 2.12. The highest BCUT2D eigenvalue weighted by Crippen LogP contribution is 2.52. The van der Waals surface area contributed by atoms with E-state index in [1.54, 1.807) is 18.2 Å². The number of carbonyl (C=O) groups is 1. The zero-order valence-corrected chi connectivity index (χ0v) is 11.0. The Morgan fingerprint density at radius 3 is 2.44 bits per heavy atom. The topological polar surface area (TPSA) is 83.8 Å². The average molecular weight is 272 g/mol. The summed E-state index contributed by atoms with van der Waals surface area (Å²) in [6.07, 6.45) is 1.52. The molecule has 0 heterocycles. The first-order valence-corrected chi connectivity index (χ1v) is 7.41. The lowest BCUT2D eigenvalue weighted by molar-refractivity contribution is -0.143. The maximum Gasteiger partial charge on any atom is 0.344 e. The van der Waals surface area contributed by atoms with E-state index in [2.05, 4.69) is 0 Å². The molecule has 0 amide bonds. The molecule has 0 spiro atoms. The minimum atomic E-state index is -4.58. The Balaban J connectivity index is 2.87. The third-order valence-electron chi connectivity index (χ3n) is 2.42. The number of benzene rings is 1. The summed E-state index contributed by atoms with van der Waals surface area (Å²) in [6, 6.07) is 7.97. The van der Waals surface area contributed by atoms with Crippen LogP contribution in [0.5, 0.6) is 0 Å². The van der Waals surface area contributed by atoms with Crippen LogP contribution in [0.2, 0.25) is 0 Å². The van der Waals surface area contributed by atoms with Crippen LogP contribution in [0, 0.1) is 0 Å². The zero-order valence-electron chi connectivity index (χ0n) is 10.2. The Kier molecular flexibility index (Phi) is 5.54. The molecule has 0 aliphatic heterocycles. The van der Waals surface area contributed by atoms with E-state index in [0.29, 0.717) is 6.42 Å². The van der Waals surface area contributed by atoms with Gasteiger partial charge in [0.25, 0.3) is 0 Å². The number of unbranched alkanes of at least 4 members (excludes halogenated alkanes) is 1. The van der Waals surface area contributed by atoms with E-state index < -0.39 is 19.2 Å². The highest BCUT2D eigenvalue weighted by atomic mass is 31.2. The molecule has 0 aromatic heterocycles. The molecule has 6 heteroatoms. The molecular formula is C12H17O5P. The summed E-state index contributed by atoms with van der Waals surface area (Å²) in [5.41, 5.74) is -1.26. The lowest BCUT2D eigenvalue weighted by Crippen LogP contribution is -2.17. The highest BCUT2D eigenvalue weighted by molar-refractivity contribution is 7.53. The van der Waals surface area contributed by atoms with Gasteiger partial charge in [0, 0.05) is 0 Å². The van der Waals surface area contributed by atoms with Crippen LogP contribution in [0.15, 0.2) is 30.3 Å². The number of esters is 1. The van der Waals surface area contributed by atoms with Gasteiger partial charge in [-0.2, -0.15) is 0 Å². The average Bonchev–Trinajstić information content (AvgIpc) is 2.29. The van der Waals surface area contributed by atoms with Crippen molar-refractivity contribution in [3.8, 4) is 0 Å². The van der Waals surface area contributed by atoms with E-state index in [0.717, 1.165) is 6.42 Å². The summed E-state index contributed by atoms with van der Waals surface area (Å²) in [5, 5.41) is 0. The van der Waals surface area contributed by atoms with Gasteiger partial charge in [0.15, 0.2) is 5.66 Å². The first-order chi connectivity index (χ1) is 8.46. The van der Waals surface area contributed by atoms with Gasteiger partial charge in [-0.25, -0.2) is 0 Å². The fourth-order valence-electron chi connectivity index (χ4n) is 1.50. The molecule has 0 bridgehead atoms. The van der Waals surface area contributed by atoms with Gasteiger partial charge in [0.2, 0.25) is 0 Å². The molecule has 0 fully saturated rings. The van der Waals surface area contributed by atoms with Crippen LogP contribution in [0.3, 0.4) is 0 Å². The molecule has 0 radical (unpaired) electrons. The second kappa shape index (κ2) is 6.69. The lowest BCUT2D eigenvalue weighted by Gasteiger charge is -2.17. The number of rotatable bonds is 6. The number of ether oxygens (including phenoxy) is 1. The van der Waals surface area contributed by atoms with Crippen LogP contribution in [0.25, 0.3) is 0 Å².